The van der Waals surface area contributed by atoms with E-state index >= 15 is 0 Å². The summed E-state index contributed by atoms with van der Waals surface area (Å²) in [7, 11) is 1.70. The molecule has 49 heavy (non-hydrogen) atoms. The number of β-amino-alcohol motifs (C(OH)–C–C–N with tert-alkyl or cyclic N) is 1. The maximum atomic E-state index is 14.9. The van der Waals surface area contributed by atoms with Crippen LogP contribution in [0.2, 0.25) is 5.02 Å². The van der Waals surface area contributed by atoms with Crippen molar-refractivity contribution in [1.82, 2.24) is 4.90 Å². The summed E-state index contributed by atoms with van der Waals surface area (Å²) in [5, 5.41) is 23.9. The quantitative estimate of drug-likeness (QED) is 0.195. The maximum absolute atomic E-state index is 14.9. The van der Waals surface area contributed by atoms with Crippen LogP contribution in [0.4, 0.5) is 10.1 Å². The van der Waals surface area contributed by atoms with E-state index in [2.05, 4.69) is 35.8 Å². The highest BCUT2D eigenvalue weighted by Gasteiger charge is 2.57. The first-order valence-electron chi connectivity index (χ1n) is 17.8. The molecule has 1 heterocycles. The maximum Gasteiger partial charge on any atom is 0.167 e. The summed E-state index contributed by atoms with van der Waals surface area (Å²) in [6.07, 6.45) is 6.33. The van der Waals surface area contributed by atoms with Gasteiger partial charge in [0.1, 0.15) is 11.6 Å². The largest absolute Gasteiger partial charge is 0.495 e. The molecule has 7 rings (SSSR count). The van der Waals surface area contributed by atoms with E-state index in [0.29, 0.717) is 31.4 Å². The molecule has 0 radical (unpaired) electrons. The summed E-state index contributed by atoms with van der Waals surface area (Å²) in [6.45, 7) is 8.21. The normalized spacial score (nSPS) is 26.6. The van der Waals surface area contributed by atoms with Gasteiger partial charge in [0, 0.05) is 60.7 Å². The number of allylic oxidation sites excluding steroid dienone is 2. The van der Waals surface area contributed by atoms with Crippen LogP contribution in [0.15, 0.2) is 72.3 Å². The third kappa shape index (κ3) is 7.46. The van der Waals surface area contributed by atoms with Crippen LogP contribution in [0.5, 0.6) is 5.75 Å². The molecule has 3 aromatic rings. The van der Waals surface area contributed by atoms with Crippen LogP contribution in [0.3, 0.4) is 0 Å². The summed E-state index contributed by atoms with van der Waals surface area (Å²) >= 11 is 6.38. The zero-order valence-electron chi connectivity index (χ0n) is 29.1. The van der Waals surface area contributed by atoms with Crippen molar-refractivity contribution in [3.05, 3.63) is 105 Å². The molecule has 262 valence electrons. The zero-order valence-corrected chi connectivity index (χ0v) is 29.8. The van der Waals surface area contributed by atoms with Crippen molar-refractivity contribution in [2.75, 3.05) is 44.7 Å². The van der Waals surface area contributed by atoms with E-state index < -0.39 is 22.9 Å². The number of methoxy groups -OCH3 is 1. The van der Waals surface area contributed by atoms with Gasteiger partial charge >= 0.3 is 0 Å². The number of Topliss-reactive ketones (excluding diaryl/α,β-unsaturated/α-hetero) is 1. The van der Waals surface area contributed by atoms with Crippen LogP contribution in [-0.2, 0) is 12.8 Å². The number of ether oxygens (including phenoxy) is 1. The predicted octanol–water partition coefficient (Wildman–Crippen LogP) is 7.77. The lowest BCUT2D eigenvalue weighted by molar-refractivity contribution is -0.0841. The summed E-state index contributed by atoms with van der Waals surface area (Å²) in [5.41, 5.74) is 3.34. The highest BCUT2D eigenvalue weighted by molar-refractivity contribution is 6.31. The van der Waals surface area contributed by atoms with Crippen LogP contribution in [0, 0.1) is 11.2 Å². The Bertz CT molecular complexity index is 1670. The molecule has 0 aromatic heterocycles. The number of anilines is 1. The molecule has 0 amide bonds. The molecule has 6 nitrogen and oxygen atoms in total. The molecule has 1 saturated carbocycles. The highest BCUT2D eigenvalue weighted by Crippen LogP contribution is 2.59. The first-order valence-corrected chi connectivity index (χ1v) is 18.1. The Labute approximate surface area is 295 Å². The number of carbonyl (C=O) groups excluding carboxylic acids is 1. The number of nitrogens with zero attached hydrogens (tertiary/aromatic N) is 2. The molecular weight excluding hydrogens is 639 g/mol. The van der Waals surface area contributed by atoms with Gasteiger partial charge in [-0.3, -0.25) is 9.69 Å². The van der Waals surface area contributed by atoms with Crippen LogP contribution < -0.4 is 9.64 Å². The lowest BCUT2D eigenvalue weighted by Crippen LogP contribution is -2.56. The van der Waals surface area contributed by atoms with Gasteiger partial charge in [0.05, 0.1) is 24.5 Å². The molecule has 1 aliphatic heterocycles. The summed E-state index contributed by atoms with van der Waals surface area (Å²) in [5.74, 6) is 0.0839. The number of aliphatic hydroxyl groups excluding tert-OH is 1. The Kier molecular flexibility index (Phi) is 10.9. The number of benzene rings is 3. The van der Waals surface area contributed by atoms with Crippen LogP contribution in [-0.4, -0.2) is 72.4 Å². The minimum Gasteiger partial charge on any atom is -0.495 e. The van der Waals surface area contributed by atoms with E-state index in [1.165, 1.54) is 11.6 Å². The van der Waals surface area contributed by atoms with Gasteiger partial charge < -0.3 is 19.8 Å². The van der Waals surface area contributed by atoms with Gasteiger partial charge in [0.25, 0.3) is 0 Å². The van der Waals surface area contributed by atoms with Crippen LogP contribution >= 0.6 is 11.6 Å². The minimum absolute atomic E-state index is 0.0852. The van der Waals surface area contributed by atoms with E-state index in [-0.39, 0.29) is 28.7 Å². The van der Waals surface area contributed by atoms with Crippen LogP contribution in [0.25, 0.3) is 0 Å². The Morgan fingerprint density at radius 1 is 1.04 bits per heavy atom. The lowest BCUT2D eigenvalue weighted by atomic mass is 9.64. The predicted molar refractivity (Wildman–Crippen MR) is 195 cm³/mol. The number of hydrogen-bond acceptors (Lipinski definition) is 6. The fourth-order valence-corrected chi connectivity index (χ4v) is 8.84. The van der Waals surface area contributed by atoms with Gasteiger partial charge in [-0.25, -0.2) is 4.39 Å². The Hall–Kier alpha value is -3.23. The molecule has 3 aromatic carbocycles. The summed E-state index contributed by atoms with van der Waals surface area (Å²) in [4.78, 5) is 18.9. The average Bonchev–Trinajstić information content (AvgIpc) is 3.34. The minimum atomic E-state index is -0.979. The Morgan fingerprint density at radius 3 is 2.57 bits per heavy atom. The first-order chi connectivity index (χ1) is 23.5. The van der Waals surface area contributed by atoms with Crippen LogP contribution in [0.1, 0.15) is 85.3 Å². The van der Waals surface area contributed by atoms with Gasteiger partial charge in [0.15, 0.2) is 5.78 Å². The first kappa shape index (κ1) is 35.6. The second-order valence-electron chi connectivity index (χ2n) is 14.7. The van der Waals surface area contributed by atoms with Gasteiger partial charge in [0.2, 0.25) is 0 Å². The fraction of sp³-hybridized carbons (Fsp3) is 0.488. The lowest BCUT2D eigenvalue weighted by Gasteiger charge is -2.47. The summed E-state index contributed by atoms with van der Waals surface area (Å²) < 4.78 is 20.5. The molecule has 1 saturated heterocycles. The number of carbonyl (C=O) groups is 1. The smallest absolute Gasteiger partial charge is 0.167 e. The SMILES string of the molecule is COc1ccccc1N1CCN(CC2(O)CCC3c4ccc(cc4C(=O)Cc4c(F)cccc4Cl)CC(O)CCC(C)=CCCC32C)CC1. The van der Waals surface area contributed by atoms with Crippen molar-refractivity contribution >= 4 is 23.1 Å². The van der Waals surface area contributed by atoms with E-state index in [4.69, 9.17) is 16.3 Å². The monoisotopic (exact) mass is 688 g/mol. The van der Waals surface area contributed by atoms with Crippen molar-refractivity contribution < 1.29 is 24.1 Å². The number of hydrogen-bond donors (Lipinski definition) is 2. The number of aliphatic hydroxyl groups is 2. The standard InChI is InChI=1S/C41H50ClFN2O4/c1-28-8-7-18-40(2)34(17-19-41(40,48)27-44-20-22-45(23-21-44)37-11-4-5-12-39(37)49-3)31-16-14-29(24-30(46)15-13-28)25-32(31)38(47)26-33-35(42)9-6-10-36(33)43/h4-6,8-12,14,16,25,30,34,46,48H,7,13,15,17-24,26-27H2,1-3H3. The molecular formula is C41H50ClFN2O4. The molecule has 0 spiro atoms. The van der Waals surface area contributed by atoms with Crippen molar-refractivity contribution in [1.29, 1.82) is 0 Å². The molecule has 4 unspecified atom stereocenters. The molecule has 2 N–H and O–H groups in total. The number of ketones is 1. The molecule has 4 aliphatic rings. The second-order valence-corrected chi connectivity index (χ2v) is 15.1. The van der Waals surface area contributed by atoms with E-state index in [1.54, 1.807) is 19.2 Å². The molecule has 2 fully saturated rings. The topological polar surface area (TPSA) is 73.2 Å². The Morgan fingerprint density at radius 2 is 1.82 bits per heavy atom. The third-order valence-corrected chi connectivity index (χ3v) is 12.0. The molecule has 3 aliphatic carbocycles. The highest BCUT2D eigenvalue weighted by atomic mass is 35.5. The second kappa shape index (κ2) is 14.9. The number of para-hydroxylation sites is 2. The summed E-state index contributed by atoms with van der Waals surface area (Å²) in [6, 6.07) is 18.6. The van der Waals surface area contributed by atoms with E-state index in [0.717, 1.165) is 74.4 Å². The fourth-order valence-electron chi connectivity index (χ4n) is 8.61. The van der Waals surface area contributed by atoms with E-state index in [9.17, 15) is 19.4 Å². The number of piperazine rings is 1. The number of rotatable bonds is 7. The number of halogens is 2. The van der Waals surface area contributed by atoms with Crippen molar-refractivity contribution in [3.63, 3.8) is 0 Å². The average molecular weight is 689 g/mol. The van der Waals surface area contributed by atoms with Gasteiger partial charge in [-0.2, -0.15) is 0 Å². The van der Waals surface area contributed by atoms with Crippen molar-refractivity contribution in [2.24, 2.45) is 5.41 Å². The Balaban J connectivity index is 1.32. The third-order valence-electron chi connectivity index (χ3n) is 11.7. The van der Waals surface area contributed by atoms with Gasteiger partial charge in [-0.05, 0) is 99.2 Å². The van der Waals surface area contributed by atoms with Gasteiger partial charge in [-0.15, -0.1) is 0 Å². The van der Waals surface area contributed by atoms with Crippen molar-refractivity contribution in [2.45, 2.75) is 82.8 Å². The molecule has 8 heteroatoms. The number of fused-ring (bicyclic) bond motifs is 8. The zero-order chi connectivity index (χ0) is 34.8. The van der Waals surface area contributed by atoms with E-state index in [1.807, 2.05) is 36.4 Å². The molecule has 2 bridgehead atoms. The van der Waals surface area contributed by atoms with Crippen molar-refractivity contribution in [3.8, 4) is 5.75 Å². The molecule has 4 atom stereocenters. The van der Waals surface area contributed by atoms with Gasteiger partial charge in [-0.1, -0.05) is 60.5 Å².